The van der Waals surface area contributed by atoms with Crippen LogP contribution in [0, 0.1) is 0 Å². The minimum Gasteiger partial charge on any atom is -0.496 e. The van der Waals surface area contributed by atoms with Crippen LogP contribution in [0.3, 0.4) is 0 Å². The Kier molecular flexibility index (Phi) is 11.4. The number of hydrogen-bond donors (Lipinski definition) is 1. The van der Waals surface area contributed by atoms with Gasteiger partial charge in [0.05, 0.1) is 11.6 Å². The summed E-state index contributed by atoms with van der Waals surface area (Å²) in [7, 11) is 1.70. The van der Waals surface area contributed by atoms with E-state index in [1.54, 1.807) is 7.11 Å². The van der Waals surface area contributed by atoms with Gasteiger partial charge in [0.15, 0.2) is 0 Å². The van der Waals surface area contributed by atoms with Crippen molar-refractivity contribution in [2.75, 3.05) is 33.3 Å². The van der Waals surface area contributed by atoms with Gasteiger partial charge < -0.3 is 15.0 Å². The Balaban J connectivity index is 2.23. The molecule has 0 heterocycles. The average Bonchev–Trinajstić information content (AvgIpc) is 2.56. The second-order valence-electron chi connectivity index (χ2n) is 6.05. The van der Waals surface area contributed by atoms with Gasteiger partial charge in [0.25, 0.3) is 0 Å². The molecule has 0 fully saturated rings. The van der Waals surface area contributed by atoms with Crippen LogP contribution in [0.1, 0.15) is 51.5 Å². The first-order chi connectivity index (χ1) is 11.2. The highest BCUT2D eigenvalue weighted by Crippen LogP contribution is 2.25. The van der Waals surface area contributed by atoms with Crippen LogP contribution in [0.4, 0.5) is 0 Å². The highest BCUT2D eigenvalue weighted by Gasteiger charge is 2.04. The number of nitrogens with zero attached hydrogens (tertiary/aromatic N) is 1. The zero-order chi connectivity index (χ0) is 16.9. The topological polar surface area (TPSA) is 24.5 Å². The SMILES string of the molecule is CCCCN(CCCC)CCCNCc1ccc(OC)c(Br)c1. The largest absolute Gasteiger partial charge is 0.496 e. The number of hydrogen-bond acceptors (Lipinski definition) is 3. The number of benzene rings is 1. The van der Waals surface area contributed by atoms with Gasteiger partial charge in [-0.25, -0.2) is 0 Å². The predicted molar refractivity (Wildman–Crippen MR) is 103 cm³/mol. The molecule has 0 aromatic heterocycles. The van der Waals surface area contributed by atoms with E-state index in [2.05, 4.69) is 52.1 Å². The van der Waals surface area contributed by atoms with Crippen molar-refractivity contribution in [2.45, 2.75) is 52.5 Å². The van der Waals surface area contributed by atoms with Crippen molar-refractivity contribution in [3.8, 4) is 5.75 Å². The van der Waals surface area contributed by atoms with Crippen molar-refractivity contribution in [3.63, 3.8) is 0 Å². The molecule has 0 unspecified atom stereocenters. The Labute approximate surface area is 150 Å². The molecule has 0 spiro atoms. The second kappa shape index (κ2) is 12.8. The van der Waals surface area contributed by atoms with Crippen LogP contribution in [0.2, 0.25) is 0 Å². The van der Waals surface area contributed by atoms with Crippen molar-refractivity contribution in [2.24, 2.45) is 0 Å². The van der Waals surface area contributed by atoms with Gasteiger partial charge in [0.2, 0.25) is 0 Å². The van der Waals surface area contributed by atoms with Gasteiger partial charge in [-0.05, 0) is 79.1 Å². The van der Waals surface area contributed by atoms with Crippen LogP contribution in [0.5, 0.6) is 5.75 Å². The Hall–Kier alpha value is -0.580. The molecule has 23 heavy (non-hydrogen) atoms. The maximum atomic E-state index is 5.26. The lowest BCUT2D eigenvalue weighted by Crippen LogP contribution is -2.29. The Bertz CT molecular complexity index is 418. The first-order valence-corrected chi connectivity index (χ1v) is 9.76. The molecule has 1 aromatic rings. The first kappa shape index (κ1) is 20.5. The van der Waals surface area contributed by atoms with E-state index in [1.165, 1.54) is 57.3 Å². The summed E-state index contributed by atoms with van der Waals surface area (Å²) < 4.78 is 6.28. The second-order valence-corrected chi connectivity index (χ2v) is 6.90. The summed E-state index contributed by atoms with van der Waals surface area (Å²) in [5.74, 6) is 0.885. The highest BCUT2D eigenvalue weighted by atomic mass is 79.9. The fourth-order valence-electron chi connectivity index (χ4n) is 2.58. The smallest absolute Gasteiger partial charge is 0.133 e. The third-order valence-corrected chi connectivity index (χ3v) is 4.65. The van der Waals surface area contributed by atoms with E-state index in [1.807, 2.05) is 6.07 Å². The van der Waals surface area contributed by atoms with Crippen LogP contribution < -0.4 is 10.1 Å². The van der Waals surface area contributed by atoms with Crippen molar-refractivity contribution in [1.82, 2.24) is 10.2 Å². The van der Waals surface area contributed by atoms with E-state index in [-0.39, 0.29) is 0 Å². The summed E-state index contributed by atoms with van der Waals surface area (Å²) >= 11 is 3.54. The normalized spacial score (nSPS) is 11.2. The monoisotopic (exact) mass is 384 g/mol. The summed E-state index contributed by atoms with van der Waals surface area (Å²) in [5.41, 5.74) is 1.28. The number of methoxy groups -OCH3 is 1. The lowest BCUT2D eigenvalue weighted by Gasteiger charge is -2.22. The van der Waals surface area contributed by atoms with Gasteiger partial charge in [0.1, 0.15) is 5.75 Å². The van der Waals surface area contributed by atoms with Gasteiger partial charge in [0, 0.05) is 6.54 Å². The lowest BCUT2D eigenvalue weighted by atomic mass is 10.2. The predicted octanol–water partition coefficient (Wildman–Crippen LogP) is 4.84. The zero-order valence-electron chi connectivity index (χ0n) is 15.0. The maximum absolute atomic E-state index is 5.26. The summed E-state index contributed by atoms with van der Waals surface area (Å²) in [6.45, 7) is 10.2. The summed E-state index contributed by atoms with van der Waals surface area (Å²) in [6.07, 6.45) is 6.42. The average molecular weight is 385 g/mol. The molecule has 0 aliphatic rings. The van der Waals surface area contributed by atoms with E-state index in [4.69, 9.17) is 4.74 Å². The van der Waals surface area contributed by atoms with Crippen LogP contribution in [0.25, 0.3) is 0 Å². The third kappa shape index (κ3) is 8.73. The van der Waals surface area contributed by atoms with Gasteiger partial charge in [-0.2, -0.15) is 0 Å². The summed E-state index contributed by atoms with van der Waals surface area (Å²) in [6, 6.07) is 6.25. The molecule has 0 atom stereocenters. The van der Waals surface area contributed by atoms with E-state index in [9.17, 15) is 0 Å². The molecule has 0 saturated carbocycles. The molecule has 132 valence electrons. The molecular weight excluding hydrogens is 352 g/mol. The third-order valence-electron chi connectivity index (χ3n) is 4.03. The standard InChI is InChI=1S/C19H33BrN2O/c1-4-6-12-22(13-7-5-2)14-8-11-21-16-17-9-10-19(23-3)18(20)15-17/h9-10,15,21H,4-8,11-14,16H2,1-3H3. The molecule has 0 amide bonds. The number of rotatable bonds is 13. The number of ether oxygens (including phenoxy) is 1. The lowest BCUT2D eigenvalue weighted by molar-refractivity contribution is 0.261. The van der Waals surface area contributed by atoms with Gasteiger partial charge in [-0.15, -0.1) is 0 Å². The van der Waals surface area contributed by atoms with Crippen LogP contribution in [-0.2, 0) is 6.54 Å². The van der Waals surface area contributed by atoms with Crippen LogP contribution in [-0.4, -0.2) is 38.2 Å². The molecule has 1 rings (SSSR count). The Morgan fingerprint density at radius 2 is 1.70 bits per heavy atom. The van der Waals surface area contributed by atoms with Crippen LogP contribution in [0.15, 0.2) is 22.7 Å². The highest BCUT2D eigenvalue weighted by molar-refractivity contribution is 9.10. The molecule has 0 aliphatic heterocycles. The van der Waals surface area contributed by atoms with Crippen molar-refractivity contribution in [1.29, 1.82) is 0 Å². The minimum atomic E-state index is 0.885. The van der Waals surface area contributed by atoms with Crippen molar-refractivity contribution in [3.05, 3.63) is 28.2 Å². The first-order valence-electron chi connectivity index (χ1n) is 8.96. The Morgan fingerprint density at radius 1 is 1.04 bits per heavy atom. The van der Waals surface area contributed by atoms with E-state index in [0.29, 0.717) is 0 Å². The summed E-state index contributed by atoms with van der Waals surface area (Å²) in [4.78, 5) is 2.62. The van der Waals surface area contributed by atoms with Gasteiger partial charge in [-0.3, -0.25) is 0 Å². The van der Waals surface area contributed by atoms with E-state index >= 15 is 0 Å². The molecule has 1 N–H and O–H groups in total. The van der Waals surface area contributed by atoms with Gasteiger partial charge >= 0.3 is 0 Å². The number of unbranched alkanes of at least 4 members (excludes halogenated alkanes) is 2. The molecule has 0 saturated heterocycles. The number of halogens is 1. The minimum absolute atomic E-state index is 0.885. The molecule has 1 aromatic carbocycles. The molecule has 0 aliphatic carbocycles. The van der Waals surface area contributed by atoms with Crippen molar-refractivity contribution < 1.29 is 4.74 Å². The van der Waals surface area contributed by atoms with Crippen molar-refractivity contribution >= 4 is 15.9 Å². The van der Waals surface area contributed by atoms with E-state index < -0.39 is 0 Å². The molecule has 3 nitrogen and oxygen atoms in total. The molecular formula is C19H33BrN2O. The number of nitrogens with one attached hydrogen (secondary N) is 1. The molecule has 0 bridgehead atoms. The zero-order valence-corrected chi connectivity index (χ0v) is 16.6. The maximum Gasteiger partial charge on any atom is 0.133 e. The molecule has 4 heteroatoms. The fourth-order valence-corrected chi connectivity index (χ4v) is 3.17. The van der Waals surface area contributed by atoms with E-state index in [0.717, 1.165) is 23.3 Å². The molecule has 0 radical (unpaired) electrons. The van der Waals surface area contributed by atoms with Crippen LogP contribution >= 0.6 is 15.9 Å². The summed E-state index contributed by atoms with van der Waals surface area (Å²) in [5, 5.41) is 3.55. The Morgan fingerprint density at radius 3 is 2.26 bits per heavy atom. The quantitative estimate of drug-likeness (QED) is 0.492. The fraction of sp³-hybridized carbons (Fsp3) is 0.684. The van der Waals surface area contributed by atoms with Gasteiger partial charge in [-0.1, -0.05) is 32.8 Å².